The third-order valence-corrected chi connectivity index (χ3v) is 7.92. The number of hydrogen-bond donors (Lipinski definition) is 0. The summed E-state index contributed by atoms with van der Waals surface area (Å²) in [7, 11) is 0. The first-order chi connectivity index (χ1) is 20.9. The molecule has 0 aliphatic rings. The second-order valence-corrected chi connectivity index (χ2v) is 11.4. The van der Waals surface area contributed by atoms with Crippen molar-refractivity contribution in [1.29, 1.82) is 0 Å². The van der Waals surface area contributed by atoms with Crippen molar-refractivity contribution in [2.45, 2.75) is 72.1 Å². The molecule has 0 amide bonds. The quantitative estimate of drug-likeness (QED) is 0.0848. The van der Waals surface area contributed by atoms with Crippen LogP contribution in [0.2, 0.25) is 0 Å². The lowest BCUT2D eigenvalue weighted by Gasteiger charge is -2.12. The van der Waals surface area contributed by atoms with Crippen molar-refractivity contribution in [2.24, 2.45) is 0 Å². The highest BCUT2D eigenvalue weighted by Crippen LogP contribution is 2.31. The molecule has 5 rings (SSSR count). The van der Waals surface area contributed by atoms with Gasteiger partial charge in [0.15, 0.2) is 11.5 Å². The number of carbonyl (C=O) groups is 2. The molecule has 0 saturated heterocycles. The minimum Gasteiger partial charge on any atom is -0.419 e. The normalized spacial score (nSPS) is 11.1. The number of carbonyl (C=O) groups excluding carboxylic acids is 2. The Hall–Kier alpha value is -4.44. The molecular weight excluding hydrogens is 532 g/mol. The first-order valence-electron chi connectivity index (χ1n) is 15.5. The van der Waals surface area contributed by atoms with E-state index in [0.717, 1.165) is 39.9 Å². The average Bonchev–Trinajstić information content (AvgIpc) is 3.02. The molecule has 0 radical (unpaired) electrons. The molecule has 220 valence electrons. The van der Waals surface area contributed by atoms with Crippen LogP contribution in [-0.2, 0) is 12.8 Å². The van der Waals surface area contributed by atoms with E-state index in [1.165, 1.54) is 49.7 Å². The van der Waals surface area contributed by atoms with Gasteiger partial charge in [-0.2, -0.15) is 0 Å². The van der Waals surface area contributed by atoms with E-state index in [2.05, 4.69) is 50.2 Å². The maximum atomic E-state index is 13.2. The van der Waals surface area contributed by atoms with Crippen LogP contribution in [0.25, 0.3) is 21.5 Å². The zero-order chi connectivity index (χ0) is 30.2. The average molecular weight is 573 g/mol. The summed E-state index contributed by atoms with van der Waals surface area (Å²) in [4.78, 5) is 26.4. The van der Waals surface area contributed by atoms with Gasteiger partial charge in [0.1, 0.15) is 0 Å². The molecule has 0 spiro atoms. The van der Waals surface area contributed by atoms with Gasteiger partial charge in [-0.1, -0.05) is 94.1 Å². The van der Waals surface area contributed by atoms with Crippen molar-refractivity contribution in [3.63, 3.8) is 0 Å². The smallest absolute Gasteiger partial charge is 0.343 e. The van der Waals surface area contributed by atoms with Crippen LogP contribution < -0.4 is 9.47 Å². The van der Waals surface area contributed by atoms with Crippen LogP contribution in [0.15, 0.2) is 91.0 Å². The maximum absolute atomic E-state index is 13.2. The lowest BCUT2D eigenvalue weighted by atomic mass is 10.0. The number of ether oxygens (including phenoxy) is 2. The summed E-state index contributed by atoms with van der Waals surface area (Å²) < 4.78 is 11.6. The summed E-state index contributed by atoms with van der Waals surface area (Å²) >= 11 is 0. The summed E-state index contributed by atoms with van der Waals surface area (Å²) in [5.74, 6) is -0.595. The third kappa shape index (κ3) is 7.70. The Labute approximate surface area is 254 Å². The van der Waals surface area contributed by atoms with Gasteiger partial charge in [0.25, 0.3) is 0 Å². The van der Waals surface area contributed by atoms with E-state index in [1.54, 1.807) is 24.3 Å². The van der Waals surface area contributed by atoms with Gasteiger partial charge in [-0.05, 0) is 107 Å². The van der Waals surface area contributed by atoms with E-state index < -0.39 is 11.9 Å². The first-order valence-corrected chi connectivity index (χ1v) is 15.5. The van der Waals surface area contributed by atoms with Gasteiger partial charge in [0.05, 0.1) is 11.1 Å². The van der Waals surface area contributed by atoms with Gasteiger partial charge in [-0.25, -0.2) is 9.59 Å². The monoisotopic (exact) mass is 572 g/mol. The molecule has 0 saturated carbocycles. The Bertz CT molecular complexity index is 1750. The van der Waals surface area contributed by atoms with Crippen LogP contribution in [-0.4, -0.2) is 11.9 Å². The van der Waals surface area contributed by atoms with Gasteiger partial charge in [0, 0.05) is 0 Å². The summed E-state index contributed by atoms with van der Waals surface area (Å²) in [6.45, 7) is 6.31. The van der Waals surface area contributed by atoms with Gasteiger partial charge in [-0.15, -0.1) is 0 Å². The van der Waals surface area contributed by atoms with Crippen LogP contribution in [0.5, 0.6) is 11.5 Å². The summed E-state index contributed by atoms with van der Waals surface area (Å²) in [6.07, 6.45) is 9.31. The highest BCUT2D eigenvalue weighted by molar-refractivity contribution is 5.98. The van der Waals surface area contributed by atoms with Gasteiger partial charge < -0.3 is 9.47 Å². The van der Waals surface area contributed by atoms with E-state index in [1.807, 2.05) is 37.3 Å². The van der Waals surface area contributed by atoms with Crippen LogP contribution in [0.4, 0.5) is 0 Å². The van der Waals surface area contributed by atoms with E-state index >= 15 is 0 Å². The molecule has 0 aromatic heterocycles. The highest BCUT2D eigenvalue weighted by atomic mass is 16.6. The molecule has 0 fully saturated rings. The lowest BCUT2D eigenvalue weighted by Crippen LogP contribution is -2.13. The highest BCUT2D eigenvalue weighted by Gasteiger charge is 2.17. The minimum absolute atomic E-state index is 0.202. The molecule has 0 heterocycles. The SMILES string of the molecule is CCCCCc1ccc2cc(C(=O)Oc3ccc(C)cc3OC(=O)c3ccc4cc(CCCCC)ccc4c3)ccc2c1. The maximum Gasteiger partial charge on any atom is 0.343 e. The second kappa shape index (κ2) is 14.2. The topological polar surface area (TPSA) is 52.6 Å². The van der Waals surface area contributed by atoms with Crippen molar-refractivity contribution < 1.29 is 19.1 Å². The lowest BCUT2D eigenvalue weighted by molar-refractivity contribution is 0.0682. The standard InChI is InChI=1S/C39H40O4/c1-4-6-8-10-28-13-15-32-25-34(19-17-30(32)23-28)38(40)42-36-21-12-27(3)22-37(36)43-39(41)35-20-18-31-24-29(11-9-7-5-2)14-16-33(31)26-35/h12-26H,4-11H2,1-3H3. The first kappa shape index (κ1) is 30.0. The van der Waals surface area contributed by atoms with Crippen molar-refractivity contribution in [2.75, 3.05) is 0 Å². The van der Waals surface area contributed by atoms with Crippen molar-refractivity contribution in [3.8, 4) is 11.5 Å². The molecule has 4 heteroatoms. The minimum atomic E-state index is -0.504. The van der Waals surface area contributed by atoms with Crippen LogP contribution in [0.3, 0.4) is 0 Å². The Morgan fingerprint density at radius 2 is 0.977 bits per heavy atom. The van der Waals surface area contributed by atoms with Crippen LogP contribution in [0, 0.1) is 6.92 Å². The van der Waals surface area contributed by atoms with E-state index in [9.17, 15) is 9.59 Å². The van der Waals surface area contributed by atoms with Gasteiger partial charge in [-0.3, -0.25) is 0 Å². The number of unbranched alkanes of at least 4 members (excludes halogenated alkanes) is 4. The Morgan fingerprint density at radius 1 is 0.512 bits per heavy atom. The molecule has 0 bridgehead atoms. The molecule has 0 aliphatic carbocycles. The molecule has 0 N–H and O–H groups in total. The zero-order valence-electron chi connectivity index (χ0n) is 25.5. The van der Waals surface area contributed by atoms with Gasteiger partial charge >= 0.3 is 11.9 Å². The summed E-state index contributed by atoms with van der Waals surface area (Å²) in [5, 5.41) is 4.15. The second-order valence-electron chi connectivity index (χ2n) is 11.4. The third-order valence-electron chi connectivity index (χ3n) is 7.92. The fourth-order valence-electron chi connectivity index (χ4n) is 5.41. The number of rotatable bonds is 12. The van der Waals surface area contributed by atoms with Crippen LogP contribution >= 0.6 is 0 Å². The summed E-state index contributed by atoms with van der Waals surface area (Å²) in [5.41, 5.74) is 4.38. The fraction of sp³-hybridized carbons (Fsp3) is 0.282. The molecule has 0 aliphatic heterocycles. The predicted molar refractivity (Wildman–Crippen MR) is 175 cm³/mol. The largest absolute Gasteiger partial charge is 0.419 e. The molecule has 0 atom stereocenters. The molecule has 0 unspecified atom stereocenters. The van der Waals surface area contributed by atoms with E-state index in [-0.39, 0.29) is 11.5 Å². The number of benzene rings is 5. The van der Waals surface area contributed by atoms with Crippen molar-refractivity contribution >= 4 is 33.5 Å². The Kier molecular flexibility index (Phi) is 9.88. The van der Waals surface area contributed by atoms with Crippen LogP contribution in [0.1, 0.15) is 89.8 Å². The van der Waals surface area contributed by atoms with Gasteiger partial charge in [0.2, 0.25) is 0 Å². The fourth-order valence-corrected chi connectivity index (χ4v) is 5.41. The van der Waals surface area contributed by atoms with E-state index in [0.29, 0.717) is 11.1 Å². The zero-order valence-corrected chi connectivity index (χ0v) is 25.5. The van der Waals surface area contributed by atoms with E-state index in [4.69, 9.17) is 9.47 Å². The molecular formula is C39H40O4. The Balaban J connectivity index is 1.30. The number of esters is 2. The Morgan fingerprint density at radius 3 is 1.49 bits per heavy atom. The molecule has 5 aromatic carbocycles. The summed E-state index contributed by atoms with van der Waals surface area (Å²) in [6, 6.07) is 29.1. The van der Waals surface area contributed by atoms with Crippen molar-refractivity contribution in [1.82, 2.24) is 0 Å². The molecule has 5 aromatic rings. The van der Waals surface area contributed by atoms with Crippen molar-refractivity contribution in [3.05, 3.63) is 119 Å². The number of hydrogen-bond acceptors (Lipinski definition) is 4. The predicted octanol–water partition coefficient (Wildman–Crippen LogP) is 10.2. The molecule has 43 heavy (non-hydrogen) atoms. The number of aryl methyl sites for hydroxylation is 3. The number of fused-ring (bicyclic) bond motifs is 2. The molecule has 4 nitrogen and oxygen atoms in total.